The molecule has 0 unspecified atom stereocenters. The van der Waals surface area contributed by atoms with Crippen molar-refractivity contribution in [1.29, 1.82) is 0 Å². The molecule has 6 nitrogen and oxygen atoms in total. The Morgan fingerprint density at radius 2 is 2.12 bits per heavy atom. The fourth-order valence-corrected chi connectivity index (χ4v) is 3.51. The van der Waals surface area contributed by atoms with Gasteiger partial charge in [0.15, 0.2) is 18.1 Å². The largest absolute Gasteiger partial charge is 0.493 e. The summed E-state index contributed by atoms with van der Waals surface area (Å²) in [5, 5.41) is 0. The Morgan fingerprint density at radius 1 is 1.36 bits per heavy atom. The number of nitrogens with zero attached hydrogens (tertiary/aromatic N) is 1. The van der Waals surface area contributed by atoms with Crippen LogP contribution in [0.5, 0.6) is 11.5 Å². The van der Waals surface area contributed by atoms with Gasteiger partial charge in [-0.05, 0) is 18.6 Å². The van der Waals surface area contributed by atoms with Gasteiger partial charge in [-0.2, -0.15) is 0 Å². The standard InChI is InChI=1S/C17H19NO5S2/c1-4-8-18-16(20)13(25-17(18)24)9-11-6-5-7-12(21-2)15(11)23-10-14(19)22-3/h5-7,9H,4,8,10H2,1-3H3/b13-9-. The number of esters is 1. The Kier molecular flexibility index (Phi) is 6.83. The van der Waals surface area contributed by atoms with E-state index in [1.165, 1.54) is 26.0 Å². The van der Waals surface area contributed by atoms with Crippen LogP contribution in [0.15, 0.2) is 23.1 Å². The van der Waals surface area contributed by atoms with Crippen molar-refractivity contribution in [1.82, 2.24) is 4.90 Å². The third kappa shape index (κ3) is 4.52. The predicted octanol–water partition coefficient (Wildman–Crippen LogP) is 2.86. The van der Waals surface area contributed by atoms with Crippen molar-refractivity contribution in [3.05, 3.63) is 28.7 Å². The van der Waals surface area contributed by atoms with Gasteiger partial charge in [-0.15, -0.1) is 0 Å². The van der Waals surface area contributed by atoms with Gasteiger partial charge in [0.2, 0.25) is 0 Å². The van der Waals surface area contributed by atoms with Crippen LogP contribution in [0, 0.1) is 0 Å². The van der Waals surface area contributed by atoms with Crippen LogP contribution in [0.4, 0.5) is 0 Å². The average Bonchev–Trinajstić information content (AvgIpc) is 2.87. The molecule has 1 fully saturated rings. The Morgan fingerprint density at radius 3 is 2.76 bits per heavy atom. The maximum Gasteiger partial charge on any atom is 0.343 e. The average molecular weight is 381 g/mol. The zero-order chi connectivity index (χ0) is 18.4. The molecular weight excluding hydrogens is 362 g/mol. The molecule has 1 heterocycles. The predicted molar refractivity (Wildman–Crippen MR) is 101 cm³/mol. The zero-order valence-electron chi connectivity index (χ0n) is 14.2. The number of hydrogen-bond acceptors (Lipinski definition) is 7. The lowest BCUT2D eigenvalue weighted by Gasteiger charge is -2.13. The van der Waals surface area contributed by atoms with Gasteiger partial charge in [0, 0.05) is 12.1 Å². The molecule has 25 heavy (non-hydrogen) atoms. The summed E-state index contributed by atoms with van der Waals surface area (Å²) in [4.78, 5) is 25.9. The van der Waals surface area contributed by atoms with Crippen molar-refractivity contribution in [2.45, 2.75) is 13.3 Å². The van der Waals surface area contributed by atoms with E-state index in [-0.39, 0.29) is 12.5 Å². The minimum atomic E-state index is -0.508. The molecule has 0 bridgehead atoms. The number of benzene rings is 1. The highest BCUT2D eigenvalue weighted by molar-refractivity contribution is 8.26. The SMILES string of the molecule is CCCN1C(=O)/C(=C/c2cccc(OC)c2OCC(=O)OC)SC1=S. The first-order valence-electron chi connectivity index (χ1n) is 7.63. The summed E-state index contributed by atoms with van der Waals surface area (Å²) in [6.07, 6.45) is 2.52. The molecule has 0 atom stereocenters. The van der Waals surface area contributed by atoms with Gasteiger partial charge < -0.3 is 14.2 Å². The maximum absolute atomic E-state index is 12.5. The molecule has 1 saturated heterocycles. The summed E-state index contributed by atoms with van der Waals surface area (Å²) in [6.45, 7) is 2.32. The first-order valence-corrected chi connectivity index (χ1v) is 8.86. The molecule has 8 heteroatoms. The molecule has 2 rings (SSSR count). The molecule has 1 aromatic rings. The molecule has 1 aliphatic heterocycles. The Bertz CT molecular complexity index is 717. The number of methoxy groups -OCH3 is 2. The minimum absolute atomic E-state index is 0.126. The normalized spacial score (nSPS) is 15.6. The second kappa shape index (κ2) is 8.87. The summed E-state index contributed by atoms with van der Waals surface area (Å²) in [5.74, 6) is 0.197. The number of carbonyl (C=O) groups excluding carboxylic acids is 2. The van der Waals surface area contributed by atoms with Crippen LogP contribution >= 0.6 is 24.0 Å². The van der Waals surface area contributed by atoms with E-state index in [0.717, 1.165) is 6.42 Å². The number of rotatable bonds is 7. The summed E-state index contributed by atoms with van der Waals surface area (Å²) in [6, 6.07) is 5.27. The van der Waals surface area contributed by atoms with Gasteiger partial charge in [0.1, 0.15) is 4.32 Å². The highest BCUT2D eigenvalue weighted by Gasteiger charge is 2.31. The number of carbonyl (C=O) groups is 2. The topological polar surface area (TPSA) is 65.1 Å². The fourth-order valence-electron chi connectivity index (χ4n) is 2.21. The van der Waals surface area contributed by atoms with Gasteiger partial charge in [-0.25, -0.2) is 4.79 Å². The van der Waals surface area contributed by atoms with Gasteiger partial charge in [-0.1, -0.05) is 43.0 Å². The number of para-hydroxylation sites is 1. The molecule has 0 radical (unpaired) electrons. The fraction of sp³-hybridized carbons (Fsp3) is 0.353. The monoisotopic (exact) mass is 381 g/mol. The molecule has 1 aromatic carbocycles. The lowest BCUT2D eigenvalue weighted by atomic mass is 10.1. The number of thiocarbonyl (C=S) groups is 1. The second-order valence-corrected chi connectivity index (χ2v) is 6.75. The van der Waals surface area contributed by atoms with Gasteiger partial charge in [0.05, 0.1) is 19.1 Å². The molecule has 1 aliphatic rings. The minimum Gasteiger partial charge on any atom is -0.493 e. The quantitative estimate of drug-likeness (QED) is 0.409. The van der Waals surface area contributed by atoms with Crippen LogP contribution in [-0.4, -0.2) is 48.5 Å². The van der Waals surface area contributed by atoms with E-state index < -0.39 is 5.97 Å². The molecule has 0 saturated carbocycles. The van der Waals surface area contributed by atoms with Gasteiger partial charge in [-0.3, -0.25) is 9.69 Å². The van der Waals surface area contributed by atoms with E-state index in [0.29, 0.717) is 32.8 Å². The lowest BCUT2D eigenvalue weighted by molar-refractivity contribution is -0.142. The molecule has 0 aliphatic carbocycles. The molecule has 0 aromatic heterocycles. The summed E-state index contributed by atoms with van der Waals surface area (Å²) in [5.41, 5.74) is 0.625. The van der Waals surface area contributed by atoms with Crippen LogP contribution in [0.3, 0.4) is 0 Å². The van der Waals surface area contributed by atoms with Crippen molar-refractivity contribution < 1.29 is 23.8 Å². The number of hydrogen-bond donors (Lipinski definition) is 0. The summed E-state index contributed by atoms with van der Waals surface area (Å²) >= 11 is 6.52. The third-order valence-electron chi connectivity index (χ3n) is 3.40. The summed E-state index contributed by atoms with van der Waals surface area (Å²) in [7, 11) is 2.79. The Balaban J connectivity index is 2.34. The van der Waals surface area contributed by atoms with Crippen molar-refractivity contribution in [3.63, 3.8) is 0 Å². The van der Waals surface area contributed by atoms with E-state index in [1.54, 1.807) is 29.2 Å². The third-order valence-corrected chi connectivity index (χ3v) is 4.78. The van der Waals surface area contributed by atoms with E-state index >= 15 is 0 Å². The molecule has 134 valence electrons. The highest BCUT2D eigenvalue weighted by Crippen LogP contribution is 2.37. The van der Waals surface area contributed by atoms with E-state index in [9.17, 15) is 9.59 Å². The lowest BCUT2D eigenvalue weighted by Crippen LogP contribution is -2.28. The first kappa shape index (κ1) is 19.3. The Hall–Kier alpha value is -2.06. The number of ether oxygens (including phenoxy) is 3. The first-order chi connectivity index (χ1) is 12.0. The number of thioether (sulfide) groups is 1. The van der Waals surface area contributed by atoms with E-state index in [2.05, 4.69) is 4.74 Å². The van der Waals surface area contributed by atoms with Crippen molar-refractivity contribution in [2.24, 2.45) is 0 Å². The maximum atomic E-state index is 12.5. The van der Waals surface area contributed by atoms with Crippen LogP contribution in [0.2, 0.25) is 0 Å². The van der Waals surface area contributed by atoms with Crippen molar-refractivity contribution >= 4 is 46.3 Å². The van der Waals surface area contributed by atoms with Crippen molar-refractivity contribution in [2.75, 3.05) is 27.4 Å². The second-order valence-electron chi connectivity index (χ2n) is 5.08. The van der Waals surface area contributed by atoms with E-state index in [1.807, 2.05) is 6.92 Å². The van der Waals surface area contributed by atoms with Gasteiger partial charge in [0.25, 0.3) is 5.91 Å². The molecule has 0 spiro atoms. The van der Waals surface area contributed by atoms with Crippen LogP contribution < -0.4 is 9.47 Å². The van der Waals surface area contributed by atoms with Crippen molar-refractivity contribution in [3.8, 4) is 11.5 Å². The van der Waals surface area contributed by atoms with Crippen LogP contribution in [0.1, 0.15) is 18.9 Å². The summed E-state index contributed by atoms with van der Waals surface area (Å²) < 4.78 is 16.0. The van der Waals surface area contributed by atoms with Gasteiger partial charge >= 0.3 is 5.97 Å². The molecule has 0 N–H and O–H groups in total. The molecular formula is C17H19NO5S2. The van der Waals surface area contributed by atoms with Crippen LogP contribution in [-0.2, 0) is 14.3 Å². The van der Waals surface area contributed by atoms with E-state index in [4.69, 9.17) is 21.7 Å². The van der Waals surface area contributed by atoms with Crippen LogP contribution in [0.25, 0.3) is 6.08 Å². The highest BCUT2D eigenvalue weighted by atomic mass is 32.2. The zero-order valence-corrected chi connectivity index (χ0v) is 15.9. The number of amides is 1. The Labute approximate surface area is 156 Å². The molecule has 1 amide bonds. The smallest absolute Gasteiger partial charge is 0.343 e.